The number of allylic oxidation sites excluding steroid dienone is 2. The number of esters is 1. The standard InChI is InChI=1S/C34H44N2O5/c37-25-34(19-11-12-20-34)36-31(38)23-28-17-9-1-2-10-18-29(21-26-13-5-3-6-14-26)33(40)41-24-30(35-32(28)39)22-27-15-7-4-8-16-27/h1,3-9,13-16,28-30,37H,2,10-12,17-25H2,(H,35,39)(H,36,38)/t28-,29-,30+/m1/s1. The van der Waals surface area contributed by atoms with Gasteiger partial charge in [-0.2, -0.15) is 0 Å². The molecule has 7 nitrogen and oxygen atoms in total. The predicted molar refractivity (Wildman–Crippen MR) is 159 cm³/mol. The third-order valence-electron chi connectivity index (χ3n) is 8.34. The molecule has 2 aromatic rings. The third-order valence-corrected chi connectivity index (χ3v) is 8.34. The number of aliphatic hydroxyl groups is 1. The van der Waals surface area contributed by atoms with E-state index in [9.17, 15) is 19.5 Å². The van der Waals surface area contributed by atoms with Gasteiger partial charge in [0.1, 0.15) is 6.61 Å². The summed E-state index contributed by atoms with van der Waals surface area (Å²) >= 11 is 0. The van der Waals surface area contributed by atoms with Crippen LogP contribution in [0.3, 0.4) is 0 Å². The van der Waals surface area contributed by atoms with Gasteiger partial charge in [0.05, 0.1) is 30.0 Å². The first-order valence-corrected chi connectivity index (χ1v) is 15.1. The second kappa shape index (κ2) is 15.5. The molecule has 2 aromatic carbocycles. The van der Waals surface area contributed by atoms with Crippen LogP contribution in [0.25, 0.3) is 0 Å². The molecule has 0 aromatic heterocycles. The van der Waals surface area contributed by atoms with Crippen molar-refractivity contribution in [3.63, 3.8) is 0 Å². The summed E-state index contributed by atoms with van der Waals surface area (Å²) in [6, 6.07) is 19.4. The molecule has 0 bridgehead atoms. The zero-order valence-corrected chi connectivity index (χ0v) is 23.9. The van der Waals surface area contributed by atoms with Crippen LogP contribution in [-0.4, -0.2) is 47.7 Å². The molecular weight excluding hydrogens is 516 g/mol. The van der Waals surface area contributed by atoms with Crippen LogP contribution in [0.15, 0.2) is 72.8 Å². The van der Waals surface area contributed by atoms with Crippen molar-refractivity contribution >= 4 is 17.8 Å². The Hall–Kier alpha value is -3.45. The van der Waals surface area contributed by atoms with E-state index in [0.717, 1.165) is 49.7 Å². The summed E-state index contributed by atoms with van der Waals surface area (Å²) < 4.78 is 5.86. The number of ether oxygens (including phenoxy) is 1. The normalized spacial score (nSPS) is 23.7. The zero-order valence-electron chi connectivity index (χ0n) is 23.9. The molecule has 1 heterocycles. The van der Waals surface area contributed by atoms with Crippen molar-refractivity contribution in [1.82, 2.24) is 10.6 Å². The van der Waals surface area contributed by atoms with Crippen LogP contribution in [0.2, 0.25) is 0 Å². The minimum Gasteiger partial charge on any atom is -0.463 e. The average Bonchev–Trinajstić information content (AvgIpc) is 3.45. The molecule has 3 N–H and O–H groups in total. The number of aliphatic hydroxyl groups excluding tert-OH is 1. The first-order valence-electron chi connectivity index (χ1n) is 15.1. The summed E-state index contributed by atoms with van der Waals surface area (Å²) in [5.41, 5.74) is 1.55. The molecule has 0 saturated heterocycles. The summed E-state index contributed by atoms with van der Waals surface area (Å²) in [7, 11) is 0. The zero-order chi connectivity index (χ0) is 28.9. The first kappa shape index (κ1) is 30.5. The van der Waals surface area contributed by atoms with Gasteiger partial charge >= 0.3 is 5.97 Å². The topological polar surface area (TPSA) is 105 Å². The van der Waals surface area contributed by atoms with Gasteiger partial charge in [0.2, 0.25) is 11.8 Å². The fourth-order valence-electron chi connectivity index (χ4n) is 5.96. The molecule has 0 spiro atoms. The van der Waals surface area contributed by atoms with Crippen LogP contribution in [-0.2, 0) is 32.0 Å². The Morgan fingerprint density at radius 2 is 1.56 bits per heavy atom. The molecule has 220 valence electrons. The van der Waals surface area contributed by atoms with Crippen LogP contribution in [0, 0.1) is 11.8 Å². The van der Waals surface area contributed by atoms with Crippen molar-refractivity contribution < 1.29 is 24.2 Å². The van der Waals surface area contributed by atoms with Crippen molar-refractivity contribution in [3.05, 3.63) is 83.9 Å². The molecule has 1 saturated carbocycles. The van der Waals surface area contributed by atoms with Gasteiger partial charge in [-0.1, -0.05) is 85.7 Å². The van der Waals surface area contributed by atoms with Crippen molar-refractivity contribution in [3.8, 4) is 0 Å². The summed E-state index contributed by atoms with van der Waals surface area (Å²) in [5.74, 6) is -1.52. The van der Waals surface area contributed by atoms with Crippen molar-refractivity contribution in [1.29, 1.82) is 0 Å². The van der Waals surface area contributed by atoms with Crippen LogP contribution in [0.4, 0.5) is 0 Å². The van der Waals surface area contributed by atoms with E-state index in [0.29, 0.717) is 25.7 Å². The summed E-state index contributed by atoms with van der Waals surface area (Å²) in [5, 5.41) is 16.1. The monoisotopic (exact) mass is 560 g/mol. The third kappa shape index (κ3) is 9.56. The Morgan fingerprint density at radius 3 is 2.22 bits per heavy atom. The second-order valence-corrected chi connectivity index (χ2v) is 11.6. The number of carbonyl (C=O) groups is 3. The van der Waals surface area contributed by atoms with Crippen molar-refractivity contribution in [2.45, 2.75) is 82.2 Å². The number of hydrogen-bond acceptors (Lipinski definition) is 5. The lowest BCUT2D eigenvalue weighted by molar-refractivity contribution is -0.150. The number of hydrogen-bond donors (Lipinski definition) is 3. The van der Waals surface area contributed by atoms with Gasteiger partial charge in [-0.25, -0.2) is 0 Å². The largest absolute Gasteiger partial charge is 0.463 e. The van der Waals surface area contributed by atoms with Crippen LogP contribution in [0.5, 0.6) is 0 Å². The van der Waals surface area contributed by atoms with Crippen LogP contribution in [0.1, 0.15) is 68.9 Å². The number of amides is 2. The molecule has 1 fully saturated rings. The van der Waals surface area contributed by atoms with E-state index in [1.165, 1.54) is 0 Å². The Balaban J connectivity index is 1.49. The van der Waals surface area contributed by atoms with Gasteiger partial charge in [0.15, 0.2) is 0 Å². The number of rotatable bonds is 8. The highest BCUT2D eigenvalue weighted by molar-refractivity contribution is 5.86. The van der Waals surface area contributed by atoms with Crippen molar-refractivity contribution in [2.24, 2.45) is 11.8 Å². The van der Waals surface area contributed by atoms with E-state index in [1.807, 2.05) is 72.8 Å². The average molecular weight is 561 g/mol. The van der Waals surface area contributed by atoms with Gasteiger partial charge < -0.3 is 20.5 Å². The van der Waals surface area contributed by atoms with Gasteiger partial charge in [-0.05, 0) is 62.5 Å². The smallest absolute Gasteiger partial charge is 0.309 e. The minimum atomic E-state index is -0.578. The van der Waals surface area contributed by atoms with E-state index >= 15 is 0 Å². The lowest BCUT2D eigenvalue weighted by Gasteiger charge is -2.29. The number of benzene rings is 2. The summed E-state index contributed by atoms with van der Waals surface area (Å²) in [6.45, 7) is -0.0293. The summed E-state index contributed by atoms with van der Waals surface area (Å²) in [4.78, 5) is 39.9. The van der Waals surface area contributed by atoms with Crippen LogP contribution < -0.4 is 10.6 Å². The van der Waals surface area contributed by atoms with E-state index in [-0.39, 0.29) is 43.3 Å². The maximum atomic E-state index is 13.6. The molecule has 1 aliphatic heterocycles. The lowest BCUT2D eigenvalue weighted by Crippen LogP contribution is -2.50. The highest BCUT2D eigenvalue weighted by Gasteiger charge is 2.35. The molecule has 7 heteroatoms. The minimum absolute atomic E-state index is 0.0366. The number of cyclic esters (lactones) is 1. The molecular formula is C34H44N2O5. The summed E-state index contributed by atoms with van der Waals surface area (Å²) in [6.07, 6.45) is 11.4. The predicted octanol–water partition coefficient (Wildman–Crippen LogP) is 4.67. The molecule has 1 aliphatic carbocycles. The molecule has 3 atom stereocenters. The number of carbonyl (C=O) groups excluding carboxylic acids is 3. The van der Waals surface area contributed by atoms with E-state index in [2.05, 4.69) is 10.6 Å². The Kier molecular flexibility index (Phi) is 11.6. The fourth-order valence-corrected chi connectivity index (χ4v) is 5.96. The molecule has 0 unspecified atom stereocenters. The van der Waals surface area contributed by atoms with Crippen molar-refractivity contribution in [2.75, 3.05) is 13.2 Å². The number of nitrogens with one attached hydrogen (secondary N) is 2. The molecule has 2 aliphatic rings. The molecule has 2 amide bonds. The fraction of sp³-hybridized carbons (Fsp3) is 0.500. The highest BCUT2D eigenvalue weighted by atomic mass is 16.5. The van der Waals surface area contributed by atoms with E-state index in [4.69, 9.17) is 4.74 Å². The molecule has 41 heavy (non-hydrogen) atoms. The molecule has 0 radical (unpaired) electrons. The highest BCUT2D eigenvalue weighted by Crippen LogP contribution is 2.29. The quantitative estimate of drug-likeness (QED) is 0.321. The van der Waals surface area contributed by atoms with Gasteiger partial charge in [0, 0.05) is 6.42 Å². The molecule has 4 rings (SSSR count). The second-order valence-electron chi connectivity index (χ2n) is 11.6. The lowest BCUT2D eigenvalue weighted by atomic mass is 9.93. The SMILES string of the molecule is O=C(C[C@H]1CC=CCCC[C@H](Cc2ccccc2)C(=O)OC[C@H](Cc2ccccc2)NC1=O)NC1(CO)CCCC1. The Bertz CT molecular complexity index is 1140. The first-order chi connectivity index (χ1) is 20.0. The Morgan fingerprint density at radius 1 is 0.902 bits per heavy atom. The maximum Gasteiger partial charge on any atom is 0.309 e. The Labute approximate surface area is 243 Å². The van der Waals surface area contributed by atoms with E-state index < -0.39 is 17.5 Å². The van der Waals surface area contributed by atoms with Crippen LogP contribution >= 0.6 is 0 Å². The van der Waals surface area contributed by atoms with E-state index in [1.54, 1.807) is 0 Å². The van der Waals surface area contributed by atoms with Gasteiger partial charge in [0.25, 0.3) is 0 Å². The van der Waals surface area contributed by atoms with Gasteiger partial charge in [-0.15, -0.1) is 0 Å². The maximum absolute atomic E-state index is 13.6. The van der Waals surface area contributed by atoms with Gasteiger partial charge in [-0.3, -0.25) is 14.4 Å².